The van der Waals surface area contributed by atoms with E-state index in [-0.39, 0.29) is 23.8 Å². The van der Waals surface area contributed by atoms with Crippen molar-refractivity contribution >= 4 is 39.3 Å². The molecule has 0 heterocycles. The number of thioether (sulfide) groups is 1. The SMILES string of the molecule is CNC(=O)C(Cc1ccccc1)N(Cc1ccc(C)cc1)C(=O)CN(c1ccc(C)cc1)S(=O)(=O)c1ccc(SC)cc1. The van der Waals surface area contributed by atoms with E-state index < -0.39 is 28.5 Å². The number of aryl methyl sites for hydroxylation is 2. The van der Waals surface area contributed by atoms with Gasteiger partial charge in [0.15, 0.2) is 0 Å². The highest BCUT2D eigenvalue weighted by Crippen LogP contribution is 2.27. The molecule has 1 N–H and O–H groups in total. The van der Waals surface area contributed by atoms with Gasteiger partial charge in [-0.2, -0.15) is 0 Å². The zero-order valence-electron chi connectivity index (χ0n) is 24.9. The van der Waals surface area contributed by atoms with Gasteiger partial charge >= 0.3 is 0 Å². The molecule has 2 amide bonds. The highest BCUT2D eigenvalue weighted by atomic mass is 32.2. The molecule has 43 heavy (non-hydrogen) atoms. The van der Waals surface area contributed by atoms with Gasteiger partial charge in [0.2, 0.25) is 11.8 Å². The first-order valence-electron chi connectivity index (χ1n) is 14.0. The van der Waals surface area contributed by atoms with Crippen LogP contribution in [0.1, 0.15) is 22.3 Å². The lowest BCUT2D eigenvalue weighted by Crippen LogP contribution is -2.53. The molecule has 4 aromatic rings. The van der Waals surface area contributed by atoms with Crippen molar-refractivity contribution < 1.29 is 18.0 Å². The second-order valence-electron chi connectivity index (χ2n) is 10.3. The molecule has 7 nitrogen and oxygen atoms in total. The van der Waals surface area contributed by atoms with E-state index in [1.165, 1.54) is 23.7 Å². The number of carbonyl (C=O) groups is 2. The van der Waals surface area contributed by atoms with E-state index in [0.717, 1.165) is 31.5 Å². The number of benzene rings is 4. The Morgan fingerprint density at radius 2 is 1.37 bits per heavy atom. The molecule has 4 aromatic carbocycles. The van der Waals surface area contributed by atoms with Gasteiger partial charge in [-0.3, -0.25) is 13.9 Å². The number of nitrogens with zero attached hydrogens (tertiary/aromatic N) is 2. The molecule has 0 bridgehead atoms. The van der Waals surface area contributed by atoms with E-state index in [2.05, 4.69) is 5.32 Å². The molecule has 0 radical (unpaired) electrons. The molecule has 1 atom stereocenters. The summed E-state index contributed by atoms with van der Waals surface area (Å²) in [4.78, 5) is 30.2. The van der Waals surface area contributed by atoms with Crippen molar-refractivity contribution in [2.24, 2.45) is 0 Å². The summed E-state index contributed by atoms with van der Waals surface area (Å²) in [5.74, 6) is -0.822. The maximum Gasteiger partial charge on any atom is 0.264 e. The lowest BCUT2D eigenvalue weighted by molar-refractivity contribution is -0.139. The Morgan fingerprint density at radius 1 is 0.791 bits per heavy atom. The molecular formula is C34H37N3O4S2. The quantitative estimate of drug-likeness (QED) is 0.210. The summed E-state index contributed by atoms with van der Waals surface area (Å²) < 4.78 is 29.3. The van der Waals surface area contributed by atoms with Crippen LogP contribution in [0.3, 0.4) is 0 Å². The van der Waals surface area contributed by atoms with Gasteiger partial charge in [-0.25, -0.2) is 8.42 Å². The Morgan fingerprint density at radius 3 is 1.93 bits per heavy atom. The lowest BCUT2D eigenvalue weighted by atomic mass is 10.0. The first kappa shape index (κ1) is 31.8. The van der Waals surface area contributed by atoms with Crippen LogP contribution in [-0.4, -0.2) is 51.0 Å². The standard InChI is InChI=1S/C34H37N3O4S2/c1-25-10-14-28(15-11-25)23-36(32(34(39)35-3)22-27-8-6-5-7-9-27)33(38)24-37(29-16-12-26(2)13-17-29)43(40,41)31-20-18-30(42-4)19-21-31/h5-21,32H,22-24H2,1-4H3,(H,35,39). The average molecular weight is 616 g/mol. The van der Waals surface area contributed by atoms with Crippen LogP contribution in [0, 0.1) is 13.8 Å². The van der Waals surface area contributed by atoms with Crippen LogP contribution in [0.5, 0.6) is 0 Å². The fraction of sp³-hybridized carbons (Fsp3) is 0.235. The van der Waals surface area contributed by atoms with Crippen molar-refractivity contribution in [3.8, 4) is 0 Å². The molecule has 0 aliphatic carbocycles. The molecule has 0 saturated heterocycles. The Kier molecular flexibility index (Phi) is 10.7. The Balaban J connectivity index is 1.77. The fourth-order valence-corrected chi connectivity index (χ4v) is 6.55. The van der Waals surface area contributed by atoms with Crippen molar-refractivity contribution in [2.75, 3.05) is 24.2 Å². The van der Waals surface area contributed by atoms with Crippen molar-refractivity contribution in [2.45, 2.75) is 42.6 Å². The van der Waals surface area contributed by atoms with Crippen LogP contribution in [0.15, 0.2) is 113 Å². The molecule has 0 aromatic heterocycles. The van der Waals surface area contributed by atoms with Crippen LogP contribution in [-0.2, 0) is 32.6 Å². The fourth-order valence-electron chi connectivity index (χ4n) is 4.73. The van der Waals surface area contributed by atoms with Gasteiger partial charge in [0.05, 0.1) is 10.6 Å². The second kappa shape index (κ2) is 14.4. The first-order chi connectivity index (χ1) is 20.6. The molecule has 0 aliphatic heterocycles. The Labute approximate surface area is 259 Å². The van der Waals surface area contributed by atoms with Gasteiger partial charge in [-0.15, -0.1) is 11.8 Å². The maximum absolute atomic E-state index is 14.3. The third kappa shape index (κ3) is 8.06. The normalized spacial score (nSPS) is 11.9. The maximum atomic E-state index is 14.3. The highest BCUT2D eigenvalue weighted by Gasteiger charge is 2.34. The molecular weight excluding hydrogens is 579 g/mol. The van der Waals surface area contributed by atoms with Crippen molar-refractivity contribution in [1.29, 1.82) is 0 Å². The minimum atomic E-state index is -4.13. The molecule has 0 fully saturated rings. The van der Waals surface area contributed by atoms with Gasteiger partial charge in [-0.1, -0.05) is 77.9 Å². The van der Waals surface area contributed by atoms with E-state index >= 15 is 0 Å². The van der Waals surface area contributed by atoms with Crippen LogP contribution < -0.4 is 9.62 Å². The van der Waals surface area contributed by atoms with Crippen LogP contribution in [0.2, 0.25) is 0 Å². The van der Waals surface area contributed by atoms with E-state index in [4.69, 9.17) is 0 Å². The Bertz CT molecular complexity index is 1620. The summed E-state index contributed by atoms with van der Waals surface area (Å²) in [6.07, 6.45) is 2.19. The third-order valence-corrected chi connectivity index (χ3v) is 9.77. The highest BCUT2D eigenvalue weighted by molar-refractivity contribution is 7.98. The minimum absolute atomic E-state index is 0.0795. The number of likely N-dealkylation sites (N-methyl/N-ethyl adjacent to an activating group) is 1. The average Bonchev–Trinajstić information content (AvgIpc) is 3.03. The second-order valence-corrected chi connectivity index (χ2v) is 13.1. The molecule has 9 heteroatoms. The number of carbonyl (C=O) groups excluding carboxylic acids is 2. The number of amides is 2. The number of hydrogen-bond donors (Lipinski definition) is 1. The van der Waals surface area contributed by atoms with Crippen molar-refractivity contribution in [3.63, 3.8) is 0 Å². The molecule has 0 aliphatic rings. The lowest BCUT2D eigenvalue weighted by Gasteiger charge is -2.33. The number of sulfonamides is 1. The molecule has 0 saturated carbocycles. The van der Waals surface area contributed by atoms with E-state index in [9.17, 15) is 18.0 Å². The van der Waals surface area contributed by atoms with Gasteiger partial charge < -0.3 is 10.2 Å². The summed E-state index contributed by atoms with van der Waals surface area (Å²) in [5, 5.41) is 2.71. The van der Waals surface area contributed by atoms with Crippen LogP contribution in [0.4, 0.5) is 5.69 Å². The predicted molar refractivity (Wildman–Crippen MR) is 174 cm³/mol. The van der Waals surface area contributed by atoms with Crippen LogP contribution in [0.25, 0.3) is 0 Å². The van der Waals surface area contributed by atoms with Gasteiger partial charge in [-0.05, 0) is 67.6 Å². The Hall–Kier alpha value is -4.08. The summed E-state index contributed by atoms with van der Waals surface area (Å²) >= 11 is 1.51. The largest absolute Gasteiger partial charge is 0.357 e. The third-order valence-electron chi connectivity index (χ3n) is 7.24. The first-order valence-corrected chi connectivity index (χ1v) is 16.6. The summed E-state index contributed by atoms with van der Waals surface area (Å²) in [7, 11) is -2.60. The summed E-state index contributed by atoms with van der Waals surface area (Å²) in [5.41, 5.74) is 4.11. The summed E-state index contributed by atoms with van der Waals surface area (Å²) in [6, 6.07) is 30.0. The monoisotopic (exact) mass is 615 g/mol. The van der Waals surface area contributed by atoms with E-state index in [0.29, 0.717) is 5.69 Å². The van der Waals surface area contributed by atoms with Gasteiger partial charge in [0.1, 0.15) is 12.6 Å². The summed E-state index contributed by atoms with van der Waals surface area (Å²) in [6.45, 7) is 3.54. The zero-order chi connectivity index (χ0) is 31.0. The number of nitrogens with one attached hydrogen (secondary N) is 1. The molecule has 224 valence electrons. The number of rotatable bonds is 12. The molecule has 1 unspecified atom stereocenters. The predicted octanol–water partition coefficient (Wildman–Crippen LogP) is 5.61. The zero-order valence-corrected chi connectivity index (χ0v) is 26.5. The number of hydrogen-bond acceptors (Lipinski definition) is 5. The topological polar surface area (TPSA) is 86.8 Å². The molecule has 4 rings (SSSR count). The smallest absolute Gasteiger partial charge is 0.264 e. The van der Waals surface area contributed by atoms with Crippen LogP contribution >= 0.6 is 11.8 Å². The van der Waals surface area contributed by atoms with Gasteiger partial charge in [0, 0.05) is 24.9 Å². The van der Waals surface area contributed by atoms with E-state index in [1.54, 1.807) is 36.4 Å². The molecule has 0 spiro atoms. The van der Waals surface area contributed by atoms with E-state index in [1.807, 2.05) is 86.8 Å². The van der Waals surface area contributed by atoms with Crippen molar-refractivity contribution in [1.82, 2.24) is 10.2 Å². The van der Waals surface area contributed by atoms with Gasteiger partial charge in [0.25, 0.3) is 10.0 Å². The number of anilines is 1. The van der Waals surface area contributed by atoms with Crippen molar-refractivity contribution in [3.05, 3.63) is 125 Å². The minimum Gasteiger partial charge on any atom is -0.357 e.